The number of hydrogen-bond donors (Lipinski definition) is 17. The van der Waals surface area contributed by atoms with Crippen LogP contribution >= 0.6 is 0 Å². The van der Waals surface area contributed by atoms with Gasteiger partial charge in [-0.3, -0.25) is 0 Å². The number of aliphatic hydroxyl groups excluding tert-OH is 17. The van der Waals surface area contributed by atoms with Crippen LogP contribution in [0.15, 0.2) is 0 Å². The first-order chi connectivity index (χ1) is 26.4. The van der Waals surface area contributed by atoms with E-state index in [1.165, 1.54) is 0 Å². The second-order valence-electron chi connectivity index (χ2n) is 14.1. The van der Waals surface area contributed by atoms with E-state index in [9.17, 15) is 86.8 Å². The first kappa shape index (κ1) is 46.0. The van der Waals surface area contributed by atoms with E-state index in [-0.39, 0.29) is 0 Å². The van der Waals surface area contributed by atoms with Gasteiger partial charge < -0.3 is 129 Å². The summed E-state index contributed by atoms with van der Waals surface area (Å²) in [6.07, 6.45) is -44.0. The fraction of sp³-hybridized carbons (Fsp3) is 1.00. The number of aliphatic hydroxyl groups is 17. The average Bonchev–Trinajstić information content (AvgIpc) is 3.18. The van der Waals surface area contributed by atoms with Crippen molar-refractivity contribution in [2.75, 3.05) is 33.0 Å². The molecule has 56 heavy (non-hydrogen) atoms. The van der Waals surface area contributed by atoms with Gasteiger partial charge in [0, 0.05) is 0 Å². The number of hydrogen-bond acceptors (Lipinski definition) is 26. The molecule has 0 radical (unpaired) electrons. The lowest BCUT2D eigenvalue weighted by Gasteiger charge is -2.44. The van der Waals surface area contributed by atoms with Crippen molar-refractivity contribution < 1.29 is 129 Å². The maximum atomic E-state index is 10.6. The molecule has 0 unspecified atom stereocenters. The van der Waals surface area contributed by atoms with Crippen LogP contribution in [-0.2, 0) is 42.6 Å². The molecule has 0 aliphatic carbocycles. The molecule has 5 fully saturated rings. The third-order valence-corrected chi connectivity index (χ3v) is 10.2. The normalized spacial score (nSPS) is 53.2. The van der Waals surface area contributed by atoms with Crippen molar-refractivity contribution in [3.05, 3.63) is 0 Å². The largest absolute Gasteiger partial charge is 0.394 e. The van der Waals surface area contributed by atoms with Crippen LogP contribution in [0.1, 0.15) is 0 Å². The lowest BCUT2D eigenvalue weighted by molar-refractivity contribution is -0.350. The maximum Gasteiger partial charge on any atom is 0.186 e. The van der Waals surface area contributed by atoms with Crippen molar-refractivity contribution in [2.45, 2.75) is 154 Å². The van der Waals surface area contributed by atoms with E-state index in [4.69, 9.17) is 42.6 Å². The molecule has 0 spiro atoms. The van der Waals surface area contributed by atoms with Gasteiger partial charge in [0.05, 0.1) is 33.0 Å². The minimum absolute atomic E-state index is 0.669. The Hall–Kier alpha value is -1.04. The summed E-state index contributed by atoms with van der Waals surface area (Å²) in [4.78, 5) is 0. The molecule has 328 valence electrons. The monoisotopic (exact) mass is 828 g/mol. The molecule has 0 aromatic heterocycles. The van der Waals surface area contributed by atoms with E-state index in [0.29, 0.717) is 0 Å². The molecule has 5 aliphatic heterocycles. The zero-order valence-electron chi connectivity index (χ0n) is 29.2. The van der Waals surface area contributed by atoms with Crippen LogP contribution in [0.3, 0.4) is 0 Å². The lowest BCUT2D eigenvalue weighted by Crippen LogP contribution is -2.63. The molecule has 0 amide bonds. The first-order valence-electron chi connectivity index (χ1n) is 17.6. The fourth-order valence-corrected chi connectivity index (χ4v) is 6.61. The zero-order chi connectivity index (χ0) is 41.3. The molecular weight excluding hydrogens is 776 g/mol. The summed E-state index contributed by atoms with van der Waals surface area (Å²) in [5, 5.41) is 173. The molecule has 5 aliphatic rings. The van der Waals surface area contributed by atoms with Crippen LogP contribution in [0, 0.1) is 0 Å². The molecule has 26 heteroatoms. The lowest BCUT2D eigenvalue weighted by atomic mass is 9.97. The van der Waals surface area contributed by atoms with Crippen molar-refractivity contribution >= 4 is 0 Å². The fourth-order valence-electron chi connectivity index (χ4n) is 6.61. The second-order valence-corrected chi connectivity index (χ2v) is 14.1. The highest BCUT2D eigenvalue weighted by molar-refractivity contribution is 4.95. The standard InChI is InChI=1S/C30H52O26/c31-1-6-11(32)17(38)22(43)27(53-6)49-3-8-13(34)19(40)24(45)29(55-8)51-5-10-15(36)20(41)25(46)30(56-10)50-4-9-14(35)18(39)23(44)28(54-9)48-2-7-12(33)16(37)21(42)26(47)52-7/h6-47H,1-5H2/t6-,7-,8-,9-,10-,11-,12-,13-,14-,15-,16+,17+,18+,19+,20+,21+,22+,23+,24+,25+,26-,27+,28+,29+,30+/m1/s1. The summed E-state index contributed by atoms with van der Waals surface area (Å²) >= 11 is 0. The van der Waals surface area contributed by atoms with Crippen LogP contribution in [-0.4, -0.2) is 273 Å². The van der Waals surface area contributed by atoms with Crippen LogP contribution < -0.4 is 0 Å². The first-order valence-corrected chi connectivity index (χ1v) is 17.6. The summed E-state index contributed by atoms with van der Waals surface area (Å²) in [6.45, 7) is -3.57. The van der Waals surface area contributed by atoms with Crippen molar-refractivity contribution in [1.82, 2.24) is 0 Å². The Morgan fingerprint density at radius 3 is 0.786 bits per heavy atom. The molecule has 0 aromatic rings. The Kier molecular flexibility index (Phi) is 16.1. The SMILES string of the molecule is OC[C@H]1O[C@H](OC[C@H]2O[C@H](OC[C@H]3O[C@H](OC[C@H]4O[C@H](OC[C@H]5O[C@@H](O)[C@@H](O)[C@@H](O)[C@@H]5O)[C@@H](O)[C@@H](O)[C@@H]4O)[C@@H](O)[C@@H](O)[C@@H]3O)[C@@H](O)[C@@H](O)[C@@H]2O)[C@@H](O)[C@@H](O)[C@@H]1O. The molecule has 0 aromatic carbocycles. The van der Waals surface area contributed by atoms with E-state index in [1.54, 1.807) is 0 Å². The summed E-state index contributed by atoms with van der Waals surface area (Å²) in [5.74, 6) is 0. The van der Waals surface area contributed by atoms with Crippen LogP contribution in [0.5, 0.6) is 0 Å². The summed E-state index contributed by atoms with van der Waals surface area (Å²) in [7, 11) is 0. The Morgan fingerprint density at radius 2 is 0.500 bits per heavy atom. The Morgan fingerprint density at radius 1 is 0.268 bits per heavy atom. The topological polar surface area (TPSA) is 427 Å². The zero-order valence-corrected chi connectivity index (χ0v) is 29.2. The third-order valence-electron chi connectivity index (χ3n) is 10.2. The molecule has 26 nitrogen and oxygen atoms in total. The van der Waals surface area contributed by atoms with E-state index >= 15 is 0 Å². The molecule has 0 saturated carbocycles. The van der Waals surface area contributed by atoms with Gasteiger partial charge in [0.25, 0.3) is 0 Å². The van der Waals surface area contributed by atoms with Gasteiger partial charge in [0.15, 0.2) is 31.5 Å². The summed E-state index contributed by atoms with van der Waals surface area (Å²) < 4.78 is 48.5. The smallest absolute Gasteiger partial charge is 0.186 e. The minimum Gasteiger partial charge on any atom is -0.394 e. The highest BCUT2D eigenvalue weighted by Crippen LogP contribution is 2.30. The third kappa shape index (κ3) is 9.77. The minimum atomic E-state index is -1.96. The molecule has 17 N–H and O–H groups in total. The van der Waals surface area contributed by atoms with Crippen molar-refractivity contribution in [1.29, 1.82) is 0 Å². The van der Waals surface area contributed by atoms with Gasteiger partial charge in [-0.2, -0.15) is 0 Å². The molecular formula is C30H52O26. The average molecular weight is 829 g/mol. The van der Waals surface area contributed by atoms with Crippen molar-refractivity contribution in [3.8, 4) is 0 Å². The van der Waals surface area contributed by atoms with Crippen LogP contribution in [0.4, 0.5) is 0 Å². The van der Waals surface area contributed by atoms with Gasteiger partial charge in [-0.1, -0.05) is 0 Å². The van der Waals surface area contributed by atoms with Crippen molar-refractivity contribution in [2.24, 2.45) is 0 Å². The van der Waals surface area contributed by atoms with Gasteiger partial charge in [-0.05, 0) is 0 Å². The van der Waals surface area contributed by atoms with E-state index in [2.05, 4.69) is 0 Å². The Balaban J connectivity index is 1.15. The number of ether oxygens (including phenoxy) is 9. The van der Waals surface area contributed by atoms with E-state index < -0.39 is 187 Å². The second kappa shape index (κ2) is 19.6. The summed E-state index contributed by atoms with van der Waals surface area (Å²) in [6, 6.07) is 0. The molecule has 0 bridgehead atoms. The van der Waals surface area contributed by atoms with Crippen molar-refractivity contribution in [3.63, 3.8) is 0 Å². The van der Waals surface area contributed by atoms with E-state index in [0.717, 1.165) is 0 Å². The number of rotatable bonds is 13. The van der Waals surface area contributed by atoms with Gasteiger partial charge in [0.2, 0.25) is 0 Å². The molecule has 5 heterocycles. The summed E-state index contributed by atoms with van der Waals surface area (Å²) in [5.41, 5.74) is 0. The van der Waals surface area contributed by atoms with Gasteiger partial charge in [-0.15, -0.1) is 0 Å². The quantitative estimate of drug-likeness (QED) is 0.0819. The molecule has 5 rings (SSSR count). The predicted octanol–water partition coefficient (Wildman–Crippen LogP) is -11.9. The van der Waals surface area contributed by atoms with Crippen LogP contribution in [0.2, 0.25) is 0 Å². The maximum absolute atomic E-state index is 10.6. The molecule has 5 saturated heterocycles. The Labute approximate surface area is 316 Å². The van der Waals surface area contributed by atoms with Gasteiger partial charge in [-0.25, -0.2) is 0 Å². The predicted molar refractivity (Wildman–Crippen MR) is 167 cm³/mol. The molecule has 25 atom stereocenters. The van der Waals surface area contributed by atoms with E-state index in [1.807, 2.05) is 0 Å². The van der Waals surface area contributed by atoms with Gasteiger partial charge >= 0.3 is 0 Å². The van der Waals surface area contributed by atoms with Crippen LogP contribution in [0.25, 0.3) is 0 Å². The highest BCUT2D eigenvalue weighted by atomic mass is 16.8. The highest BCUT2D eigenvalue weighted by Gasteiger charge is 2.51. The Bertz CT molecular complexity index is 1210. The van der Waals surface area contributed by atoms with Gasteiger partial charge in [0.1, 0.15) is 122 Å².